The third-order valence-electron chi connectivity index (χ3n) is 1.22. The van der Waals surface area contributed by atoms with Gasteiger partial charge in [0, 0.05) is 30.0 Å². The van der Waals surface area contributed by atoms with Gasteiger partial charge in [0.2, 0.25) is 0 Å². The monoisotopic (exact) mass is 227 g/mol. The summed E-state index contributed by atoms with van der Waals surface area (Å²) in [7, 11) is 0. The van der Waals surface area contributed by atoms with Crippen LogP contribution in [0.1, 0.15) is 20.8 Å². The Bertz CT molecular complexity index is 271. The van der Waals surface area contributed by atoms with E-state index >= 15 is 0 Å². The van der Waals surface area contributed by atoms with Crippen LogP contribution in [0, 0.1) is 5.92 Å². The molecular formula is C11H17NO2S. The third kappa shape index (κ3) is 10.9. The summed E-state index contributed by atoms with van der Waals surface area (Å²) >= 11 is 1.87. The van der Waals surface area contributed by atoms with Gasteiger partial charge in [-0.05, 0) is 18.1 Å². The van der Waals surface area contributed by atoms with Crippen LogP contribution < -0.4 is 0 Å². The summed E-state index contributed by atoms with van der Waals surface area (Å²) in [6, 6.07) is 4.07. The molecule has 0 spiro atoms. The van der Waals surface area contributed by atoms with Gasteiger partial charge in [-0.3, -0.25) is 9.78 Å². The molecule has 15 heavy (non-hydrogen) atoms. The molecule has 0 saturated carbocycles. The van der Waals surface area contributed by atoms with Crippen LogP contribution in [-0.4, -0.2) is 21.8 Å². The highest BCUT2D eigenvalue weighted by atomic mass is 32.2. The minimum atomic E-state index is -0.833. The zero-order chi connectivity index (χ0) is 11.7. The summed E-state index contributed by atoms with van der Waals surface area (Å²) in [5, 5.41) is 7.42. The number of carboxylic acids is 1. The Labute approximate surface area is 94.9 Å². The molecule has 0 saturated heterocycles. The largest absolute Gasteiger partial charge is 0.481 e. The average Bonchev–Trinajstić information content (AvgIpc) is 2.15. The lowest BCUT2D eigenvalue weighted by molar-refractivity contribution is -0.134. The van der Waals surface area contributed by atoms with E-state index < -0.39 is 5.97 Å². The molecule has 0 amide bonds. The molecule has 0 bridgehead atoms. The number of hydrogen-bond donors (Lipinski definition) is 1. The summed E-state index contributed by atoms with van der Waals surface area (Å²) in [6.45, 7) is 5.53. The molecule has 4 heteroatoms. The Morgan fingerprint density at radius 3 is 2.60 bits per heavy atom. The Morgan fingerprint density at radius 2 is 2.20 bits per heavy atom. The molecule has 84 valence electrons. The number of aromatic nitrogens is 1. The van der Waals surface area contributed by atoms with E-state index in [9.17, 15) is 0 Å². The first kappa shape index (κ1) is 14.0. The normalized spacial score (nSPS) is 9.33. The summed E-state index contributed by atoms with van der Waals surface area (Å²) in [5.41, 5.74) is 0. The molecule has 0 aliphatic carbocycles. The first-order valence-electron chi connectivity index (χ1n) is 4.74. The predicted octanol–water partition coefficient (Wildman–Crippen LogP) is 2.92. The molecule has 1 aromatic rings. The summed E-state index contributed by atoms with van der Waals surface area (Å²) in [6.07, 6.45) is 3.71. The lowest BCUT2D eigenvalue weighted by Crippen LogP contribution is -1.89. The first-order valence-corrected chi connectivity index (χ1v) is 5.73. The standard InChI is InChI=1S/C9H13NS.C2H4O2/c1-8(2)7-11-9-4-3-5-10-6-9;1-2(3)4/h3-6,8H,7H2,1-2H3;1H3,(H,3,4). The molecule has 0 atom stereocenters. The van der Waals surface area contributed by atoms with E-state index in [2.05, 4.69) is 24.9 Å². The molecule has 1 rings (SSSR count). The summed E-state index contributed by atoms with van der Waals surface area (Å²) in [5.74, 6) is 1.09. The van der Waals surface area contributed by atoms with E-state index in [0.717, 1.165) is 12.8 Å². The minimum Gasteiger partial charge on any atom is -0.481 e. The van der Waals surface area contributed by atoms with Gasteiger partial charge in [0.1, 0.15) is 0 Å². The Kier molecular flexibility index (Phi) is 7.72. The van der Waals surface area contributed by atoms with E-state index in [-0.39, 0.29) is 0 Å². The summed E-state index contributed by atoms with van der Waals surface area (Å²) in [4.78, 5) is 14.3. The van der Waals surface area contributed by atoms with Crippen molar-refractivity contribution in [3.8, 4) is 0 Å². The molecular weight excluding hydrogens is 210 g/mol. The van der Waals surface area contributed by atoms with Crippen LogP contribution in [0.5, 0.6) is 0 Å². The van der Waals surface area contributed by atoms with Gasteiger partial charge in [0.15, 0.2) is 0 Å². The van der Waals surface area contributed by atoms with Crippen LogP contribution in [-0.2, 0) is 4.79 Å². The molecule has 1 heterocycles. The van der Waals surface area contributed by atoms with Gasteiger partial charge in [0.05, 0.1) is 0 Å². The van der Waals surface area contributed by atoms with Crippen molar-refractivity contribution in [2.75, 3.05) is 5.75 Å². The van der Waals surface area contributed by atoms with Crippen molar-refractivity contribution >= 4 is 17.7 Å². The fraction of sp³-hybridized carbons (Fsp3) is 0.455. The average molecular weight is 227 g/mol. The molecule has 0 unspecified atom stereocenters. The minimum absolute atomic E-state index is 0.750. The molecule has 0 fully saturated rings. The second-order valence-corrected chi connectivity index (χ2v) is 4.51. The van der Waals surface area contributed by atoms with Crippen LogP contribution in [0.25, 0.3) is 0 Å². The number of hydrogen-bond acceptors (Lipinski definition) is 3. The van der Waals surface area contributed by atoms with Gasteiger partial charge in [-0.15, -0.1) is 11.8 Å². The van der Waals surface area contributed by atoms with Gasteiger partial charge in [-0.25, -0.2) is 0 Å². The molecule has 0 aromatic carbocycles. The Hall–Kier alpha value is -1.03. The highest BCUT2D eigenvalue weighted by Crippen LogP contribution is 2.18. The molecule has 0 aliphatic rings. The quantitative estimate of drug-likeness (QED) is 0.807. The summed E-state index contributed by atoms with van der Waals surface area (Å²) < 4.78 is 0. The zero-order valence-corrected chi connectivity index (χ0v) is 10.1. The van der Waals surface area contributed by atoms with Crippen molar-refractivity contribution in [1.82, 2.24) is 4.98 Å². The SMILES string of the molecule is CC(=O)O.CC(C)CSc1cccnc1. The van der Waals surface area contributed by atoms with Gasteiger partial charge >= 0.3 is 0 Å². The highest BCUT2D eigenvalue weighted by molar-refractivity contribution is 7.99. The smallest absolute Gasteiger partial charge is 0.300 e. The molecule has 1 aromatic heterocycles. The maximum Gasteiger partial charge on any atom is 0.300 e. The van der Waals surface area contributed by atoms with Gasteiger partial charge in [-0.2, -0.15) is 0 Å². The second-order valence-electron chi connectivity index (χ2n) is 3.41. The number of thioether (sulfide) groups is 1. The lowest BCUT2D eigenvalue weighted by Gasteiger charge is -2.02. The maximum atomic E-state index is 9.00. The number of aliphatic carboxylic acids is 1. The maximum absolute atomic E-state index is 9.00. The fourth-order valence-corrected chi connectivity index (χ4v) is 1.53. The zero-order valence-electron chi connectivity index (χ0n) is 9.30. The van der Waals surface area contributed by atoms with Crippen molar-refractivity contribution in [2.24, 2.45) is 5.92 Å². The van der Waals surface area contributed by atoms with Crippen molar-refractivity contribution in [1.29, 1.82) is 0 Å². The number of nitrogens with zero attached hydrogens (tertiary/aromatic N) is 1. The van der Waals surface area contributed by atoms with Crippen LogP contribution in [0.4, 0.5) is 0 Å². The van der Waals surface area contributed by atoms with Crippen molar-refractivity contribution in [3.63, 3.8) is 0 Å². The first-order chi connectivity index (χ1) is 7.02. The van der Waals surface area contributed by atoms with E-state index in [4.69, 9.17) is 9.90 Å². The molecule has 0 aliphatic heterocycles. The van der Waals surface area contributed by atoms with Crippen molar-refractivity contribution in [2.45, 2.75) is 25.7 Å². The van der Waals surface area contributed by atoms with E-state index in [1.54, 1.807) is 6.20 Å². The van der Waals surface area contributed by atoms with Crippen molar-refractivity contribution in [3.05, 3.63) is 24.5 Å². The van der Waals surface area contributed by atoms with Crippen LogP contribution in [0.2, 0.25) is 0 Å². The molecule has 1 N–H and O–H groups in total. The lowest BCUT2D eigenvalue weighted by atomic mass is 10.3. The fourth-order valence-electron chi connectivity index (χ4n) is 0.695. The number of carbonyl (C=O) groups is 1. The predicted molar refractivity (Wildman–Crippen MR) is 63.1 cm³/mol. The van der Waals surface area contributed by atoms with Gasteiger partial charge < -0.3 is 5.11 Å². The Balaban J connectivity index is 0.000000423. The number of carboxylic acid groups (broad SMARTS) is 1. The van der Waals surface area contributed by atoms with Crippen LogP contribution >= 0.6 is 11.8 Å². The van der Waals surface area contributed by atoms with E-state index in [0.29, 0.717) is 0 Å². The molecule has 3 nitrogen and oxygen atoms in total. The number of rotatable bonds is 3. The van der Waals surface area contributed by atoms with Gasteiger partial charge in [0.25, 0.3) is 5.97 Å². The second kappa shape index (κ2) is 8.29. The molecule has 0 radical (unpaired) electrons. The van der Waals surface area contributed by atoms with E-state index in [1.165, 1.54) is 10.6 Å². The van der Waals surface area contributed by atoms with Crippen LogP contribution in [0.15, 0.2) is 29.4 Å². The van der Waals surface area contributed by atoms with Crippen LogP contribution in [0.3, 0.4) is 0 Å². The third-order valence-corrected chi connectivity index (χ3v) is 2.63. The van der Waals surface area contributed by atoms with Gasteiger partial charge in [-0.1, -0.05) is 13.8 Å². The van der Waals surface area contributed by atoms with E-state index in [1.807, 2.05) is 24.0 Å². The number of pyridine rings is 1. The highest BCUT2D eigenvalue weighted by Gasteiger charge is 1.95. The van der Waals surface area contributed by atoms with Crippen molar-refractivity contribution < 1.29 is 9.90 Å². The topological polar surface area (TPSA) is 50.2 Å². The Morgan fingerprint density at radius 1 is 1.60 bits per heavy atom.